The third-order valence-corrected chi connectivity index (χ3v) is 5.30. The number of imide groups is 1. The second kappa shape index (κ2) is 7.73. The van der Waals surface area contributed by atoms with Crippen LogP contribution in [0.25, 0.3) is 5.69 Å². The van der Waals surface area contributed by atoms with Crippen molar-refractivity contribution in [2.75, 3.05) is 11.9 Å². The quantitative estimate of drug-likeness (QED) is 0.374. The molecule has 10 heteroatoms. The van der Waals surface area contributed by atoms with Gasteiger partial charge in [0.2, 0.25) is 5.91 Å². The number of aromatic nitrogens is 2. The fourth-order valence-corrected chi connectivity index (χ4v) is 3.62. The molecular weight excluding hydrogens is 414 g/mol. The highest BCUT2D eigenvalue weighted by Crippen LogP contribution is 2.27. The molecule has 0 unspecified atom stereocenters. The summed E-state index contributed by atoms with van der Waals surface area (Å²) in [7, 11) is 0. The maximum absolute atomic E-state index is 12.7. The van der Waals surface area contributed by atoms with E-state index in [-0.39, 0.29) is 16.8 Å². The molecule has 3 amide bonds. The van der Waals surface area contributed by atoms with E-state index in [1.165, 1.54) is 6.07 Å². The molecule has 0 aliphatic carbocycles. The van der Waals surface area contributed by atoms with Crippen molar-refractivity contribution >= 4 is 29.1 Å². The standard InChI is InChI=1S/C22H19N5O5/c1-12-4-6-15(7-5-12)26-14(3)20(13(2)24-26)23-19(28)11-25-21(29)17-9-8-16(27(31)32)10-18(17)22(25)30/h4-10H,11H2,1-3H3,(H,23,28). The molecular formula is C22H19N5O5. The van der Waals surface area contributed by atoms with Gasteiger partial charge in [-0.2, -0.15) is 5.10 Å². The lowest BCUT2D eigenvalue weighted by Crippen LogP contribution is -2.37. The van der Waals surface area contributed by atoms with Crippen molar-refractivity contribution in [3.05, 3.63) is 80.7 Å². The van der Waals surface area contributed by atoms with Gasteiger partial charge in [-0.3, -0.25) is 29.4 Å². The first-order valence-electron chi connectivity index (χ1n) is 9.75. The van der Waals surface area contributed by atoms with Crippen molar-refractivity contribution in [1.82, 2.24) is 14.7 Å². The van der Waals surface area contributed by atoms with Gasteiger partial charge in [0, 0.05) is 12.1 Å². The van der Waals surface area contributed by atoms with Gasteiger partial charge >= 0.3 is 0 Å². The van der Waals surface area contributed by atoms with Crippen LogP contribution in [0.15, 0.2) is 42.5 Å². The van der Waals surface area contributed by atoms with E-state index in [4.69, 9.17) is 0 Å². The predicted molar refractivity (Wildman–Crippen MR) is 115 cm³/mol. The molecule has 1 aliphatic heterocycles. The summed E-state index contributed by atoms with van der Waals surface area (Å²) in [6.07, 6.45) is 0. The van der Waals surface area contributed by atoms with Gasteiger partial charge in [0.05, 0.1) is 38.8 Å². The van der Waals surface area contributed by atoms with Crippen LogP contribution in [0, 0.1) is 30.9 Å². The number of nitrogens with one attached hydrogen (secondary N) is 1. The Bertz CT molecular complexity index is 1290. The zero-order valence-electron chi connectivity index (χ0n) is 17.6. The summed E-state index contributed by atoms with van der Waals surface area (Å²) >= 11 is 0. The van der Waals surface area contributed by atoms with Crippen LogP contribution in [0.5, 0.6) is 0 Å². The normalized spacial score (nSPS) is 12.8. The maximum Gasteiger partial charge on any atom is 0.270 e. The highest BCUT2D eigenvalue weighted by molar-refractivity contribution is 6.23. The summed E-state index contributed by atoms with van der Waals surface area (Å²) in [5.74, 6) is -1.99. The number of aryl methyl sites for hydroxylation is 2. The molecule has 3 aromatic rings. The monoisotopic (exact) mass is 433 g/mol. The van der Waals surface area contributed by atoms with Gasteiger partial charge in [-0.25, -0.2) is 4.68 Å². The van der Waals surface area contributed by atoms with Crippen LogP contribution >= 0.6 is 0 Å². The van der Waals surface area contributed by atoms with Gasteiger partial charge in [0.25, 0.3) is 17.5 Å². The summed E-state index contributed by atoms with van der Waals surface area (Å²) in [4.78, 5) is 48.9. The molecule has 1 aromatic heterocycles. The number of non-ortho nitro benzene ring substituents is 1. The Labute approximate surface area is 182 Å². The Kier molecular flexibility index (Phi) is 5.05. The van der Waals surface area contributed by atoms with Crippen LogP contribution < -0.4 is 5.32 Å². The minimum Gasteiger partial charge on any atom is -0.321 e. The van der Waals surface area contributed by atoms with Crippen LogP contribution in [0.4, 0.5) is 11.4 Å². The van der Waals surface area contributed by atoms with Crippen LogP contribution in [0.2, 0.25) is 0 Å². The van der Waals surface area contributed by atoms with E-state index in [0.717, 1.165) is 28.3 Å². The van der Waals surface area contributed by atoms with E-state index in [0.29, 0.717) is 17.1 Å². The molecule has 0 bridgehead atoms. The molecule has 162 valence electrons. The molecule has 10 nitrogen and oxygen atoms in total. The van der Waals surface area contributed by atoms with Crippen molar-refractivity contribution in [2.24, 2.45) is 0 Å². The van der Waals surface area contributed by atoms with Gasteiger partial charge in [0.15, 0.2) is 0 Å². The van der Waals surface area contributed by atoms with Crippen molar-refractivity contribution in [1.29, 1.82) is 0 Å². The Morgan fingerprint density at radius 2 is 1.69 bits per heavy atom. The lowest BCUT2D eigenvalue weighted by molar-refractivity contribution is -0.384. The number of hydrogen-bond donors (Lipinski definition) is 1. The van der Waals surface area contributed by atoms with Crippen LogP contribution in [-0.2, 0) is 4.79 Å². The van der Waals surface area contributed by atoms with Gasteiger partial charge < -0.3 is 5.32 Å². The minimum atomic E-state index is -0.743. The number of carbonyl (C=O) groups is 3. The predicted octanol–water partition coefficient (Wildman–Crippen LogP) is 2.94. The number of nitrogens with zero attached hydrogens (tertiary/aromatic N) is 4. The lowest BCUT2D eigenvalue weighted by Gasteiger charge is -2.14. The molecule has 1 N–H and O–H groups in total. The first-order chi connectivity index (χ1) is 15.2. The summed E-state index contributed by atoms with van der Waals surface area (Å²) in [6, 6.07) is 11.2. The van der Waals surface area contributed by atoms with E-state index in [1.807, 2.05) is 31.2 Å². The second-order valence-electron chi connectivity index (χ2n) is 7.52. The molecule has 2 heterocycles. The van der Waals surface area contributed by atoms with E-state index < -0.39 is 29.2 Å². The SMILES string of the molecule is Cc1ccc(-n2nc(C)c(NC(=O)CN3C(=O)c4ccc([N+](=O)[O-])cc4C3=O)c2C)cc1. The van der Waals surface area contributed by atoms with Gasteiger partial charge in [-0.15, -0.1) is 0 Å². The number of amides is 3. The molecule has 2 aromatic carbocycles. The Balaban J connectivity index is 1.53. The molecule has 4 rings (SSSR count). The number of nitro groups is 1. The van der Waals surface area contributed by atoms with Gasteiger partial charge in [-0.05, 0) is 39.0 Å². The van der Waals surface area contributed by atoms with Crippen molar-refractivity contribution < 1.29 is 19.3 Å². The Morgan fingerprint density at radius 1 is 1.03 bits per heavy atom. The van der Waals surface area contributed by atoms with Crippen molar-refractivity contribution in [2.45, 2.75) is 20.8 Å². The van der Waals surface area contributed by atoms with Gasteiger partial charge in [-0.1, -0.05) is 17.7 Å². The molecule has 0 spiro atoms. The van der Waals surface area contributed by atoms with E-state index in [1.54, 1.807) is 18.5 Å². The molecule has 1 aliphatic rings. The fraction of sp³-hybridized carbons (Fsp3) is 0.182. The molecule has 32 heavy (non-hydrogen) atoms. The minimum absolute atomic E-state index is 0.0351. The summed E-state index contributed by atoms with van der Waals surface area (Å²) in [5.41, 5.74) is 3.35. The number of benzene rings is 2. The number of rotatable bonds is 5. The Morgan fingerprint density at radius 3 is 2.34 bits per heavy atom. The number of hydrogen-bond acceptors (Lipinski definition) is 6. The summed E-state index contributed by atoms with van der Waals surface area (Å²) < 4.78 is 1.70. The van der Waals surface area contributed by atoms with Crippen molar-refractivity contribution in [3.8, 4) is 5.69 Å². The van der Waals surface area contributed by atoms with Gasteiger partial charge in [0.1, 0.15) is 6.54 Å². The molecule has 0 saturated heterocycles. The number of fused-ring (bicyclic) bond motifs is 1. The van der Waals surface area contributed by atoms with Crippen molar-refractivity contribution in [3.63, 3.8) is 0 Å². The second-order valence-corrected chi connectivity index (χ2v) is 7.52. The number of nitro benzene ring substituents is 1. The largest absolute Gasteiger partial charge is 0.321 e. The third kappa shape index (κ3) is 3.51. The number of carbonyl (C=O) groups excluding carboxylic acids is 3. The summed E-state index contributed by atoms with van der Waals surface area (Å²) in [6.45, 7) is 5.01. The molecule has 0 saturated carbocycles. The zero-order chi connectivity index (χ0) is 23.2. The highest BCUT2D eigenvalue weighted by Gasteiger charge is 2.38. The maximum atomic E-state index is 12.7. The smallest absolute Gasteiger partial charge is 0.270 e. The van der Waals surface area contributed by atoms with E-state index >= 15 is 0 Å². The molecule has 0 fully saturated rings. The lowest BCUT2D eigenvalue weighted by atomic mass is 10.1. The van der Waals surface area contributed by atoms with Crippen LogP contribution in [-0.4, -0.2) is 43.9 Å². The van der Waals surface area contributed by atoms with Crippen LogP contribution in [0.1, 0.15) is 37.7 Å². The summed E-state index contributed by atoms with van der Waals surface area (Å²) in [5, 5.41) is 18.2. The first-order valence-corrected chi connectivity index (χ1v) is 9.75. The zero-order valence-corrected chi connectivity index (χ0v) is 17.6. The van der Waals surface area contributed by atoms with Crippen LogP contribution in [0.3, 0.4) is 0 Å². The molecule has 0 atom stereocenters. The fourth-order valence-electron chi connectivity index (χ4n) is 3.62. The van der Waals surface area contributed by atoms with E-state index in [2.05, 4.69) is 10.4 Å². The third-order valence-electron chi connectivity index (χ3n) is 5.30. The topological polar surface area (TPSA) is 127 Å². The average molecular weight is 433 g/mol. The highest BCUT2D eigenvalue weighted by atomic mass is 16.6. The Hall–Kier alpha value is -4.34. The number of anilines is 1. The first kappa shape index (κ1) is 20.9. The average Bonchev–Trinajstić information content (AvgIpc) is 3.17. The van der Waals surface area contributed by atoms with E-state index in [9.17, 15) is 24.5 Å². The molecule has 0 radical (unpaired) electrons.